The Bertz CT molecular complexity index is 1300. The van der Waals surface area contributed by atoms with Crippen molar-refractivity contribution in [2.75, 3.05) is 18.4 Å². The summed E-state index contributed by atoms with van der Waals surface area (Å²) in [5, 5.41) is 22.4. The number of carbonyl (C=O) groups is 1. The number of likely N-dealkylation sites (tertiary alicyclic amines) is 1. The van der Waals surface area contributed by atoms with E-state index in [1.165, 1.54) is 34.8 Å². The van der Waals surface area contributed by atoms with Crippen molar-refractivity contribution >= 4 is 34.4 Å². The van der Waals surface area contributed by atoms with Gasteiger partial charge in [-0.05, 0) is 68.0 Å². The maximum Gasteiger partial charge on any atom is 0.319 e. The molecule has 204 valence electrons. The number of thiazole rings is 2. The highest BCUT2D eigenvalue weighted by Crippen LogP contribution is 2.32. The average Bonchev–Trinajstić information content (AvgIpc) is 3.65. The van der Waals surface area contributed by atoms with E-state index in [-0.39, 0.29) is 17.9 Å². The molecule has 3 atom stereocenters. The lowest BCUT2D eigenvalue weighted by Gasteiger charge is -2.37. The first-order chi connectivity index (χ1) is 18.9. The molecule has 3 N–H and O–H groups in total. The van der Waals surface area contributed by atoms with E-state index in [1.807, 2.05) is 48.0 Å². The molecule has 0 saturated carbocycles. The number of urea groups is 1. The number of aliphatic hydroxyl groups excluding tert-OH is 1. The van der Waals surface area contributed by atoms with Crippen LogP contribution in [0.5, 0.6) is 0 Å². The SMILES string of the molecule is C[C@H](C[C@@H](O)N1CCC[C@@H](Cc2ccc(F)cc2)C1)NC(=O)Nc1cc(-c2nccs2)cc(-c2nccs2)c1. The summed E-state index contributed by atoms with van der Waals surface area (Å²) in [6.07, 6.45) is 6.23. The number of hydrogen-bond donors (Lipinski definition) is 3. The van der Waals surface area contributed by atoms with Crippen LogP contribution in [0.3, 0.4) is 0 Å². The number of piperidine rings is 1. The van der Waals surface area contributed by atoms with Gasteiger partial charge < -0.3 is 15.7 Å². The van der Waals surface area contributed by atoms with Gasteiger partial charge in [0.2, 0.25) is 0 Å². The summed E-state index contributed by atoms with van der Waals surface area (Å²) in [5.74, 6) is 0.180. The molecule has 1 aliphatic heterocycles. The second-order valence-electron chi connectivity index (χ2n) is 10.0. The molecule has 4 aromatic rings. The van der Waals surface area contributed by atoms with E-state index < -0.39 is 6.23 Å². The van der Waals surface area contributed by atoms with Crippen LogP contribution in [0.4, 0.5) is 14.9 Å². The molecule has 3 heterocycles. The summed E-state index contributed by atoms with van der Waals surface area (Å²) in [5.41, 5.74) is 3.59. The number of amides is 2. The quantitative estimate of drug-likeness (QED) is 0.223. The Morgan fingerprint density at radius 2 is 1.77 bits per heavy atom. The van der Waals surface area contributed by atoms with Crippen LogP contribution in [-0.2, 0) is 6.42 Å². The topological polar surface area (TPSA) is 90.4 Å². The molecule has 7 nitrogen and oxygen atoms in total. The number of halogens is 1. The highest BCUT2D eigenvalue weighted by atomic mass is 32.1. The van der Waals surface area contributed by atoms with E-state index in [9.17, 15) is 14.3 Å². The average molecular weight is 566 g/mol. The van der Waals surface area contributed by atoms with E-state index in [0.717, 1.165) is 59.1 Å². The Kier molecular flexibility index (Phi) is 8.98. The van der Waals surface area contributed by atoms with Gasteiger partial charge in [0, 0.05) is 65.5 Å². The maximum absolute atomic E-state index is 13.2. The van der Waals surface area contributed by atoms with E-state index in [4.69, 9.17) is 0 Å². The Morgan fingerprint density at radius 1 is 1.10 bits per heavy atom. The van der Waals surface area contributed by atoms with Crippen molar-refractivity contribution < 1.29 is 14.3 Å². The molecule has 10 heteroatoms. The lowest BCUT2D eigenvalue weighted by atomic mass is 9.91. The van der Waals surface area contributed by atoms with Crippen LogP contribution in [0.15, 0.2) is 65.6 Å². The van der Waals surface area contributed by atoms with Gasteiger partial charge in [0.1, 0.15) is 22.1 Å². The molecular formula is C29H32FN5O2S2. The van der Waals surface area contributed by atoms with E-state index in [1.54, 1.807) is 12.4 Å². The third-order valence-corrected chi connectivity index (χ3v) is 8.55. The highest BCUT2D eigenvalue weighted by Gasteiger charge is 2.26. The molecule has 0 bridgehead atoms. The van der Waals surface area contributed by atoms with Gasteiger partial charge in [0.05, 0.1) is 0 Å². The highest BCUT2D eigenvalue weighted by molar-refractivity contribution is 7.13. The third kappa shape index (κ3) is 7.48. The molecule has 2 amide bonds. The van der Waals surface area contributed by atoms with Crippen molar-refractivity contribution in [3.63, 3.8) is 0 Å². The normalized spacial score (nSPS) is 17.5. The van der Waals surface area contributed by atoms with Crippen molar-refractivity contribution in [1.29, 1.82) is 0 Å². The summed E-state index contributed by atoms with van der Waals surface area (Å²) in [7, 11) is 0. The zero-order valence-electron chi connectivity index (χ0n) is 21.7. The molecule has 39 heavy (non-hydrogen) atoms. The molecule has 1 aliphatic rings. The Morgan fingerprint density at radius 3 is 2.38 bits per heavy atom. The predicted molar refractivity (Wildman–Crippen MR) is 155 cm³/mol. The van der Waals surface area contributed by atoms with Crippen LogP contribution < -0.4 is 10.6 Å². The molecule has 0 radical (unpaired) electrons. The van der Waals surface area contributed by atoms with Crippen molar-refractivity contribution in [2.24, 2.45) is 5.92 Å². The van der Waals surface area contributed by atoms with Crippen molar-refractivity contribution in [1.82, 2.24) is 20.2 Å². The van der Waals surface area contributed by atoms with Gasteiger partial charge in [-0.15, -0.1) is 22.7 Å². The first kappa shape index (κ1) is 27.4. The summed E-state index contributed by atoms with van der Waals surface area (Å²) in [4.78, 5) is 23.8. The van der Waals surface area contributed by atoms with Crippen LogP contribution in [0.25, 0.3) is 21.1 Å². The maximum atomic E-state index is 13.2. The van der Waals surface area contributed by atoms with Gasteiger partial charge in [-0.3, -0.25) is 4.90 Å². The fraction of sp³-hybridized carbons (Fsp3) is 0.345. The third-order valence-electron chi connectivity index (χ3n) is 6.90. The predicted octanol–water partition coefficient (Wildman–Crippen LogP) is 6.25. The number of nitrogens with one attached hydrogen (secondary N) is 2. The summed E-state index contributed by atoms with van der Waals surface area (Å²) >= 11 is 3.07. The first-order valence-electron chi connectivity index (χ1n) is 13.1. The largest absolute Gasteiger partial charge is 0.378 e. The standard InChI is InChI=1S/C29H32FN5O2S2/c1-19(13-26(36)35-10-2-3-21(18-35)14-20-4-6-24(30)7-5-20)33-29(37)34-25-16-22(27-31-8-11-38-27)15-23(17-25)28-32-9-12-39-28/h4-9,11-12,15-17,19,21,26,36H,2-3,10,13-14,18H2,1H3,(H2,33,34,37)/t19-,21+,26-/m1/s1. The van der Waals surface area contributed by atoms with E-state index in [2.05, 4.69) is 25.5 Å². The monoisotopic (exact) mass is 565 g/mol. The summed E-state index contributed by atoms with van der Waals surface area (Å²) < 4.78 is 13.2. The minimum Gasteiger partial charge on any atom is -0.378 e. The Labute approximate surface area is 235 Å². The molecule has 2 aromatic carbocycles. The van der Waals surface area contributed by atoms with Gasteiger partial charge in [-0.25, -0.2) is 19.2 Å². The van der Waals surface area contributed by atoms with Crippen LogP contribution >= 0.6 is 22.7 Å². The summed E-state index contributed by atoms with van der Waals surface area (Å²) in [6.45, 7) is 3.50. The van der Waals surface area contributed by atoms with Crippen LogP contribution in [-0.4, -0.2) is 51.4 Å². The number of aromatic nitrogens is 2. The number of aliphatic hydroxyl groups is 1. The van der Waals surface area contributed by atoms with Crippen LogP contribution in [0, 0.1) is 11.7 Å². The fourth-order valence-electron chi connectivity index (χ4n) is 5.08. The number of anilines is 1. The lowest BCUT2D eigenvalue weighted by molar-refractivity contribution is -0.0306. The lowest BCUT2D eigenvalue weighted by Crippen LogP contribution is -2.47. The second-order valence-corrected chi connectivity index (χ2v) is 11.8. The molecule has 5 rings (SSSR count). The van der Waals surface area contributed by atoms with Crippen LogP contribution in [0.2, 0.25) is 0 Å². The molecule has 0 spiro atoms. The minimum atomic E-state index is -0.652. The zero-order valence-corrected chi connectivity index (χ0v) is 23.4. The van der Waals surface area contributed by atoms with Gasteiger partial charge >= 0.3 is 6.03 Å². The smallest absolute Gasteiger partial charge is 0.319 e. The molecule has 2 aromatic heterocycles. The first-order valence-corrected chi connectivity index (χ1v) is 14.9. The van der Waals surface area contributed by atoms with Crippen molar-refractivity contribution in [3.05, 3.63) is 77.0 Å². The minimum absolute atomic E-state index is 0.225. The molecule has 1 fully saturated rings. The van der Waals surface area contributed by atoms with Crippen molar-refractivity contribution in [3.8, 4) is 21.1 Å². The second kappa shape index (κ2) is 12.8. The number of hydrogen-bond acceptors (Lipinski definition) is 7. The van der Waals surface area contributed by atoms with Gasteiger partial charge in [0.15, 0.2) is 0 Å². The molecule has 0 unspecified atom stereocenters. The van der Waals surface area contributed by atoms with Gasteiger partial charge in [-0.2, -0.15) is 0 Å². The number of benzene rings is 2. The number of rotatable bonds is 9. The zero-order chi connectivity index (χ0) is 27.2. The summed E-state index contributed by atoms with van der Waals surface area (Å²) in [6, 6.07) is 11.9. The Hall–Kier alpha value is -3.18. The van der Waals surface area contributed by atoms with E-state index in [0.29, 0.717) is 18.0 Å². The molecule has 1 saturated heterocycles. The van der Waals surface area contributed by atoms with E-state index >= 15 is 0 Å². The number of nitrogens with zero attached hydrogens (tertiary/aromatic N) is 3. The Balaban J connectivity index is 1.16. The van der Waals surface area contributed by atoms with Gasteiger partial charge in [0.25, 0.3) is 0 Å². The van der Waals surface area contributed by atoms with Gasteiger partial charge in [-0.1, -0.05) is 12.1 Å². The molecular weight excluding hydrogens is 533 g/mol. The van der Waals surface area contributed by atoms with Crippen molar-refractivity contribution in [2.45, 2.75) is 44.9 Å². The molecule has 0 aliphatic carbocycles. The fourth-order valence-corrected chi connectivity index (χ4v) is 6.33. The van der Waals surface area contributed by atoms with Crippen LogP contribution in [0.1, 0.15) is 31.7 Å². The number of carbonyl (C=O) groups excluding carboxylic acids is 1.